The van der Waals surface area contributed by atoms with Crippen molar-refractivity contribution in [1.29, 1.82) is 0 Å². The summed E-state index contributed by atoms with van der Waals surface area (Å²) in [6, 6.07) is 0. The summed E-state index contributed by atoms with van der Waals surface area (Å²) < 4.78 is 10.9. The lowest BCUT2D eigenvalue weighted by Gasteiger charge is -2.37. The Labute approximate surface area is 69.5 Å². The van der Waals surface area contributed by atoms with Crippen LogP contribution in [0.5, 0.6) is 0 Å². The molecule has 0 aromatic rings. The highest BCUT2D eigenvalue weighted by Crippen LogP contribution is 2.41. The third kappa shape index (κ3) is 1.41. The molecule has 1 fully saturated rings. The van der Waals surface area contributed by atoms with Crippen molar-refractivity contribution in [3.63, 3.8) is 0 Å². The van der Waals surface area contributed by atoms with Crippen molar-refractivity contribution in [1.82, 2.24) is 0 Å². The van der Waals surface area contributed by atoms with Crippen molar-refractivity contribution < 1.29 is 8.85 Å². The molecule has 0 aromatic carbocycles. The highest BCUT2D eigenvalue weighted by Gasteiger charge is 2.44. The summed E-state index contributed by atoms with van der Waals surface area (Å²) in [7, 11) is 1.49. The minimum absolute atomic E-state index is 0.648. The van der Waals surface area contributed by atoms with Gasteiger partial charge in [-0.1, -0.05) is 6.42 Å². The van der Waals surface area contributed by atoms with E-state index in [2.05, 4.69) is 6.58 Å². The molecule has 0 atom stereocenters. The largest absolute Gasteiger partial charge is 0.395 e. The van der Waals surface area contributed by atoms with Gasteiger partial charge >= 0.3 is 8.56 Å². The Morgan fingerprint density at radius 1 is 1.36 bits per heavy atom. The van der Waals surface area contributed by atoms with E-state index >= 15 is 0 Å². The molecule has 1 aliphatic rings. The first-order chi connectivity index (χ1) is 5.29. The van der Waals surface area contributed by atoms with Gasteiger partial charge in [0.1, 0.15) is 0 Å². The van der Waals surface area contributed by atoms with E-state index in [1.165, 1.54) is 19.3 Å². The molecule has 0 unspecified atom stereocenters. The lowest BCUT2D eigenvalue weighted by Crippen LogP contribution is -2.45. The molecule has 2 nitrogen and oxygen atoms in total. The zero-order valence-electron chi connectivity index (χ0n) is 7.30. The second kappa shape index (κ2) is 3.52. The minimum Gasteiger partial charge on any atom is -0.395 e. The summed E-state index contributed by atoms with van der Waals surface area (Å²) in [5.74, 6) is 0. The lowest BCUT2D eigenvalue weighted by atomic mass is 10.00. The van der Waals surface area contributed by atoms with Crippen molar-refractivity contribution in [2.24, 2.45) is 0 Å². The fraction of sp³-hybridized carbons (Fsp3) is 0.750. The predicted octanol–water partition coefficient (Wildman–Crippen LogP) is 2.00. The SMILES string of the molecule is C=C[Si](OC)(OC)C1CCC1. The highest BCUT2D eigenvalue weighted by atomic mass is 28.4. The van der Waals surface area contributed by atoms with E-state index in [9.17, 15) is 0 Å². The molecule has 0 radical (unpaired) electrons. The molecule has 0 amide bonds. The Kier molecular flexibility index (Phi) is 2.87. The van der Waals surface area contributed by atoms with Crippen molar-refractivity contribution >= 4 is 8.56 Å². The Balaban J connectivity index is 2.61. The quantitative estimate of drug-likeness (QED) is 0.604. The average molecular weight is 172 g/mol. The molecule has 0 bridgehead atoms. The standard InChI is InChI=1S/C8H16O2Si/c1-4-11(9-2,10-3)8-6-5-7-8/h4,8H,1,5-7H2,2-3H3. The molecule has 64 valence electrons. The molecule has 3 heteroatoms. The van der Waals surface area contributed by atoms with Crippen molar-refractivity contribution in [3.8, 4) is 0 Å². The first-order valence-electron chi connectivity index (χ1n) is 4.03. The van der Waals surface area contributed by atoms with Gasteiger partial charge in [-0.25, -0.2) is 0 Å². The van der Waals surface area contributed by atoms with Gasteiger partial charge in [0.05, 0.1) is 0 Å². The summed E-state index contributed by atoms with van der Waals surface area (Å²) >= 11 is 0. The normalized spacial score (nSPS) is 19.5. The molecule has 0 spiro atoms. The average Bonchev–Trinajstić information content (AvgIpc) is 1.97. The van der Waals surface area contributed by atoms with Crippen LogP contribution in [0.4, 0.5) is 0 Å². The van der Waals surface area contributed by atoms with Crippen LogP contribution in [-0.4, -0.2) is 22.8 Å². The third-order valence-electron chi connectivity index (χ3n) is 2.60. The molecule has 0 saturated heterocycles. The third-order valence-corrected chi connectivity index (χ3v) is 6.16. The van der Waals surface area contributed by atoms with Gasteiger partial charge in [-0.15, -0.1) is 6.58 Å². The monoisotopic (exact) mass is 172 g/mol. The van der Waals surface area contributed by atoms with Gasteiger partial charge in [0, 0.05) is 19.8 Å². The van der Waals surface area contributed by atoms with E-state index in [1.54, 1.807) is 14.2 Å². The van der Waals surface area contributed by atoms with Crippen LogP contribution in [0.3, 0.4) is 0 Å². The molecule has 0 heterocycles. The smallest absolute Gasteiger partial charge is 0.367 e. The second-order valence-electron chi connectivity index (χ2n) is 2.96. The molecular weight excluding hydrogens is 156 g/mol. The predicted molar refractivity (Wildman–Crippen MR) is 47.6 cm³/mol. The van der Waals surface area contributed by atoms with Crippen LogP contribution in [0.1, 0.15) is 19.3 Å². The van der Waals surface area contributed by atoms with E-state index in [-0.39, 0.29) is 0 Å². The molecule has 0 N–H and O–H groups in total. The lowest BCUT2D eigenvalue weighted by molar-refractivity contribution is 0.222. The maximum atomic E-state index is 5.44. The molecule has 0 aromatic heterocycles. The van der Waals surface area contributed by atoms with E-state index in [0.717, 1.165) is 0 Å². The zero-order valence-corrected chi connectivity index (χ0v) is 8.30. The zero-order chi connectivity index (χ0) is 8.32. The minimum atomic E-state index is -1.97. The van der Waals surface area contributed by atoms with Crippen LogP contribution in [0.15, 0.2) is 12.3 Å². The number of hydrogen-bond acceptors (Lipinski definition) is 2. The van der Waals surface area contributed by atoms with Gasteiger partial charge in [-0.3, -0.25) is 0 Å². The Bertz CT molecular complexity index is 139. The topological polar surface area (TPSA) is 18.5 Å². The Morgan fingerprint density at radius 2 is 1.91 bits per heavy atom. The number of rotatable bonds is 4. The van der Waals surface area contributed by atoms with E-state index in [0.29, 0.717) is 5.54 Å². The fourth-order valence-electron chi connectivity index (χ4n) is 1.56. The van der Waals surface area contributed by atoms with Crippen LogP contribution >= 0.6 is 0 Å². The molecule has 11 heavy (non-hydrogen) atoms. The van der Waals surface area contributed by atoms with Crippen molar-refractivity contribution in [2.75, 3.05) is 14.2 Å². The molecular formula is C8H16O2Si. The fourth-order valence-corrected chi connectivity index (χ4v) is 4.27. The summed E-state index contributed by atoms with van der Waals surface area (Å²) in [5, 5.41) is 0. The summed E-state index contributed by atoms with van der Waals surface area (Å²) in [4.78, 5) is 0. The first-order valence-corrected chi connectivity index (χ1v) is 6.00. The van der Waals surface area contributed by atoms with Crippen LogP contribution in [0.25, 0.3) is 0 Å². The van der Waals surface area contributed by atoms with E-state index in [4.69, 9.17) is 8.85 Å². The summed E-state index contributed by atoms with van der Waals surface area (Å²) in [5.41, 5.74) is 2.55. The van der Waals surface area contributed by atoms with Gasteiger partial charge < -0.3 is 8.85 Å². The Hall–Kier alpha value is -0.123. The Morgan fingerprint density at radius 3 is 2.00 bits per heavy atom. The van der Waals surface area contributed by atoms with Crippen LogP contribution in [-0.2, 0) is 8.85 Å². The molecule has 0 aliphatic heterocycles. The van der Waals surface area contributed by atoms with Crippen molar-refractivity contribution in [3.05, 3.63) is 12.3 Å². The van der Waals surface area contributed by atoms with Crippen LogP contribution in [0, 0.1) is 0 Å². The van der Waals surface area contributed by atoms with Crippen molar-refractivity contribution in [2.45, 2.75) is 24.8 Å². The van der Waals surface area contributed by atoms with E-state index < -0.39 is 8.56 Å². The molecule has 1 saturated carbocycles. The van der Waals surface area contributed by atoms with E-state index in [1.807, 2.05) is 5.70 Å². The van der Waals surface area contributed by atoms with Crippen LogP contribution in [0.2, 0.25) is 5.54 Å². The first kappa shape index (κ1) is 8.97. The summed E-state index contributed by atoms with van der Waals surface area (Å²) in [6.07, 6.45) is 3.82. The van der Waals surface area contributed by atoms with Gasteiger partial charge in [-0.05, 0) is 18.5 Å². The number of hydrogen-bond donors (Lipinski definition) is 0. The highest BCUT2D eigenvalue weighted by molar-refractivity contribution is 6.74. The molecule has 1 rings (SSSR count). The van der Waals surface area contributed by atoms with Gasteiger partial charge in [0.15, 0.2) is 0 Å². The van der Waals surface area contributed by atoms with Gasteiger partial charge in [-0.2, -0.15) is 0 Å². The van der Waals surface area contributed by atoms with Gasteiger partial charge in [0.2, 0.25) is 0 Å². The van der Waals surface area contributed by atoms with Gasteiger partial charge in [0.25, 0.3) is 0 Å². The maximum Gasteiger partial charge on any atom is 0.367 e. The summed E-state index contributed by atoms with van der Waals surface area (Å²) in [6.45, 7) is 3.79. The maximum absolute atomic E-state index is 5.44. The van der Waals surface area contributed by atoms with Crippen LogP contribution < -0.4 is 0 Å². The second-order valence-corrected chi connectivity index (χ2v) is 6.45. The molecule has 1 aliphatic carbocycles.